The highest BCUT2D eigenvalue weighted by Crippen LogP contribution is 2.22. The van der Waals surface area contributed by atoms with E-state index in [-0.39, 0.29) is 11.7 Å². The number of hydrogen-bond donors (Lipinski definition) is 0. The van der Waals surface area contributed by atoms with Crippen molar-refractivity contribution in [1.29, 1.82) is 0 Å². The largest absolute Gasteiger partial charge is 0.339 e. The van der Waals surface area contributed by atoms with Crippen LogP contribution in [-0.4, -0.2) is 35.4 Å². The van der Waals surface area contributed by atoms with Gasteiger partial charge in [0.2, 0.25) is 0 Å². The molecule has 0 aromatic heterocycles. The van der Waals surface area contributed by atoms with E-state index in [1.54, 1.807) is 0 Å². The van der Waals surface area contributed by atoms with Crippen LogP contribution in [0.1, 0.15) is 33.6 Å². The van der Waals surface area contributed by atoms with E-state index in [0.29, 0.717) is 11.3 Å². The third kappa shape index (κ3) is 4.02. The molecule has 118 valence electrons. The van der Waals surface area contributed by atoms with Gasteiger partial charge in [0.05, 0.1) is 5.75 Å². The van der Waals surface area contributed by atoms with Crippen molar-refractivity contribution in [1.82, 2.24) is 4.90 Å². The summed E-state index contributed by atoms with van der Waals surface area (Å²) in [5, 5.41) is 0. The lowest BCUT2D eigenvalue weighted by Crippen LogP contribution is -2.27. The Morgan fingerprint density at radius 3 is 2.35 bits per heavy atom. The Morgan fingerprint density at radius 2 is 1.61 bits per heavy atom. The maximum absolute atomic E-state index is 12.4. The molecule has 1 heterocycles. The van der Waals surface area contributed by atoms with Crippen LogP contribution in [0.5, 0.6) is 0 Å². The number of carbonyl (C=O) groups is 2. The van der Waals surface area contributed by atoms with Gasteiger partial charge in [-0.2, -0.15) is 0 Å². The van der Waals surface area contributed by atoms with E-state index in [2.05, 4.69) is 0 Å². The van der Waals surface area contributed by atoms with Crippen LogP contribution in [0.15, 0.2) is 59.5 Å². The Morgan fingerprint density at radius 1 is 0.913 bits per heavy atom. The van der Waals surface area contributed by atoms with Crippen molar-refractivity contribution in [3.8, 4) is 0 Å². The van der Waals surface area contributed by atoms with Crippen molar-refractivity contribution in [3.63, 3.8) is 0 Å². The van der Waals surface area contributed by atoms with Gasteiger partial charge in [0.1, 0.15) is 0 Å². The number of ketones is 1. The topological polar surface area (TPSA) is 37.4 Å². The second kappa shape index (κ2) is 7.47. The van der Waals surface area contributed by atoms with Gasteiger partial charge in [0.15, 0.2) is 5.78 Å². The van der Waals surface area contributed by atoms with E-state index in [4.69, 9.17) is 0 Å². The highest BCUT2D eigenvalue weighted by atomic mass is 32.2. The molecule has 1 amide bonds. The summed E-state index contributed by atoms with van der Waals surface area (Å²) in [4.78, 5) is 27.4. The SMILES string of the molecule is O=C(CSc1cccc(C(=O)N2CCCC2)c1)c1ccccc1. The molecular formula is C19H19NO2S. The van der Waals surface area contributed by atoms with Gasteiger partial charge in [-0.25, -0.2) is 0 Å². The molecule has 3 nitrogen and oxygen atoms in total. The van der Waals surface area contributed by atoms with E-state index < -0.39 is 0 Å². The Bertz CT molecular complexity index is 694. The highest BCUT2D eigenvalue weighted by molar-refractivity contribution is 8.00. The molecule has 3 rings (SSSR count). The lowest BCUT2D eigenvalue weighted by molar-refractivity contribution is 0.0792. The van der Waals surface area contributed by atoms with Gasteiger partial charge in [-0.1, -0.05) is 36.4 Å². The monoisotopic (exact) mass is 325 g/mol. The van der Waals surface area contributed by atoms with Crippen molar-refractivity contribution >= 4 is 23.5 Å². The molecule has 23 heavy (non-hydrogen) atoms. The maximum atomic E-state index is 12.4. The quantitative estimate of drug-likeness (QED) is 0.618. The molecular weight excluding hydrogens is 306 g/mol. The average molecular weight is 325 g/mol. The number of hydrogen-bond acceptors (Lipinski definition) is 3. The summed E-state index contributed by atoms with van der Waals surface area (Å²) < 4.78 is 0. The number of nitrogens with zero attached hydrogens (tertiary/aromatic N) is 1. The van der Waals surface area contributed by atoms with Gasteiger partial charge in [-0.05, 0) is 31.0 Å². The number of likely N-dealkylation sites (tertiary alicyclic amines) is 1. The Balaban J connectivity index is 1.63. The summed E-state index contributed by atoms with van der Waals surface area (Å²) in [5.41, 5.74) is 1.44. The molecule has 0 spiro atoms. The van der Waals surface area contributed by atoms with Crippen LogP contribution >= 0.6 is 11.8 Å². The predicted molar refractivity (Wildman–Crippen MR) is 93.1 cm³/mol. The van der Waals surface area contributed by atoms with E-state index in [9.17, 15) is 9.59 Å². The zero-order chi connectivity index (χ0) is 16.1. The summed E-state index contributed by atoms with van der Waals surface area (Å²) >= 11 is 1.48. The number of rotatable bonds is 5. The smallest absolute Gasteiger partial charge is 0.253 e. The van der Waals surface area contributed by atoms with Gasteiger partial charge in [0, 0.05) is 29.1 Å². The summed E-state index contributed by atoms with van der Waals surface area (Å²) in [5.74, 6) is 0.581. The molecule has 0 atom stereocenters. The van der Waals surface area contributed by atoms with Crippen LogP contribution in [-0.2, 0) is 0 Å². The Labute approximate surface area is 140 Å². The average Bonchev–Trinajstić information content (AvgIpc) is 3.14. The first-order valence-corrected chi connectivity index (χ1v) is 8.83. The molecule has 0 aliphatic carbocycles. The third-order valence-electron chi connectivity index (χ3n) is 3.94. The lowest BCUT2D eigenvalue weighted by Gasteiger charge is -2.15. The number of Topliss-reactive ketones (excluding diaryl/α,β-unsaturated/α-hetero) is 1. The lowest BCUT2D eigenvalue weighted by atomic mass is 10.2. The fraction of sp³-hybridized carbons (Fsp3) is 0.263. The fourth-order valence-electron chi connectivity index (χ4n) is 2.68. The van der Waals surface area contributed by atoms with Gasteiger partial charge in [-0.3, -0.25) is 9.59 Å². The van der Waals surface area contributed by atoms with Crippen molar-refractivity contribution in [3.05, 3.63) is 65.7 Å². The molecule has 1 saturated heterocycles. The van der Waals surface area contributed by atoms with E-state index in [0.717, 1.165) is 36.4 Å². The first-order chi connectivity index (χ1) is 11.2. The highest BCUT2D eigenvalue weighted by Gasteiger charge is 2.19. The maximum Gasteiger partial charge on any atom is 0.253 e. The summed E-state index contributed by atoms with van der Waals surface area (Å²) in [6.07, 6.45) is 2.18. The first-order valence-electron chi connectivity index (χ1n) is 7.84. The third-order valence-corrected chi connectivity index (χ3v) is 4.93. The number of thioether (sulfide) groups is 1. The molecule has 1 aliphatic heterocycles. The summed E-state index contributed by atoms with van der Waals surface area (Å²) in [7, 11) is 0. The fourth-order valence-corrected chi connectivity index (χ4v) is 3.53. The van der Waals surface area contributed by atoms with Crippen molar-refractivity contribution in [2.24, 2.45) is 0 Å². The van der Waals surface area contributed by atoms with Crippen molar-refractivity contribution in [2.45, 2.75) is 17.7 Å². The molecule has 2 aromatic carbocycles. The van der Waals surface area contributed by atoms with Crippen molar-refractivity contribution in [2.75, 3.05) is 18.8 Å². The molecule has 0 bridgehead atoms. The van der Waals surface area contributed by atoms with Gasteiger partial charge in [0.25, 0.3) is 5.91 Å². The molecule has 1 aliphatic rings. The second-order valence-corrected chi connectivity index (χ2v) is 6.65. The molecule has 2 aromatic rings. The minimum absolute atomic E-state index is 0.0966. The number of carbonyl (C=O) groups excluding carboxylic acids is 2. The molecule has 0 unspecified atom stereocenters. The standard InChI is InChI=1S/C19H19NO2S/c21-18(15-7-2-1-3-8-15)14-23-17-10-6-9-16(13-17)19(22)20-11-4-5-12-20/h1-3,6-10,13H,4-5,11-12,14H2. The predicted octanol–water partition coefficient (Wildman–Crippen LogP) is 3.90. The number of amides is 1. The Kier molecular flexibility index (Phi) is 5.13. The molecule has 4 heteroatoms. The zero-order valence-electron chi connectivity index (χ0n) is 12.9. The minimum Gasteiger partial charge on any atom is -0.339 e. The Hall–Kier alpha value is -2.07. The van der Waals surface area contributed by atoms with Crippen LogP contribution < -0.4 is 0 Å². The van der Waals surface area contributed by atoms with E-state index in [1.165, 1.54) is 11.8 Å². The molecule has 0 saturated carbocycles. The summed E-state index contributed by atoms with van der Waals surface area (Å²) in [6, 6.07) is 16.9. The van der Waals surface area contributed by atoms with Gasteiger partial charge >= 0.3 is 0 Å². The zero-order valence-corrected chi connectivity index (χ0v) is 13.7. The van der Waals surface area contributed by atoms with E-state index >= 15 is 0 Å². The molecule has 0 N–H and O–H groups in total. The van der Waals surface area contributed by atoms with Crippen LogP contribution in [0.4, 0.5) is 0 Å². The van der Waals surface area contributed by atoms with E-state index in [1.807, 2.05) is 59.5 Å². The second-order valence-electron chi connectivity index (χ2n) is 5.61. The number of benzene rings is 2. The molecule has 1 fully saturated rings. The van der Waals surface area contributed by atoms with Crippen molar-refractivity contribution < 1.29 is 9.59 Å². The first kappa shape index (κ1) is 15.8. The minimum atomic E-state index is 0.0966. The van der Waals surface area contributed by atoms with Gasteiger partial charge in [-0.15, -0.1) is 11.8 Å². The molecule has 0 radical (unpaired) electrons. The van der Waals surface area contributed by atoms with Crippen LogP contribution in [0.2, 0.25) is 0 Å². The van der Waals surface area contributed by atoms with Crippen LogP contribution in [0.3, 0.4) is 0 Å². The normalized spacial score (nSPS) is 14.0. The van der Waals surface area contributed by atoms with Crippen LogP contribution in [0, 0.1) is 0 Å². The van der Waals surface area contributed by atoms with Gasteiger partial charge < -0.3 is 4.90 Å². The van der Waals surface area contributed by atoms with Crippen LogP contribution in [0.25, 0.3) is 0 Å². The summed E-state index contributed by atoms with van der Waals surface area (Å²) in [6.45, 7) is 1.70.